The van der Waals surface area contributed by atoms with Crippen molar-refractivity contribution >= 4 is 17.5 Å². The van der Waals surface area contributed by atoms with E-state index in [2.05, 4.69) is 0 Å². The van der Waals surface area contributed by atoms with Gasteiger partial charge < -0.3 is 14.9 Å². The van der Waals surface area contributed by atoms with Crippen LogP contribution in [-0.2, 0) is 9.53 Å². The molecule has 2 rings (SSSR count). The highest BCUT2D eigenvalue weighted by Crippen LogP contribution is 2.36. The van der Waals surface area contributed by atoms with Crippen molar-refractivity contribution in [3.63, 3.8) is 0 Å². The highest BCUT2D eigenvalue weighted by molar-refractivity contribution is 6.27. The predicted molar refractivity (Wildman–Crippen MR) is 104 cm³/mol. The summed E-state index contributed by atoms with van der Waals surface area (Å²) in [7, 11) is 0. The lowest BCUT2D eigenvalue weighted by Gasteiger charge is -2.24. The molecule has 0 spiro atoms. The van der Waals surface area contributed by atoms with Crippen LogP contribution in [0.1, 0.15) is 61.8 Å². The van der Waals surface area contributed by atoms with Gasteiger partial charge in [-0.25, -0.2) is 4.79 Å². The lowest BCUT2D eigenvalue weighted by Crippen LogP contribution is -2.29. The molecule has 1 aliphatic rings. The van der Waals surface area contributed by atoms with Gasteiger partial charge in [0.1, 0.15) is 17.6 Å². The molecule has 0 aromatic heterocycles. The first-order chi connectivity index (χ1) is 13.0. The molecule has 0 bridgehead atoms. The van der Waals surface area contributed by atoms with E-state index in [-0.39, 0.29) is 28.9 Å². The third-order valence-electron chi connectivity index (χ3n) is 4.58. The number of hydrogen-bond acceptors (Lipinski definition) is 6. The first-order valence-corrected chi connectivity index (χ1v) is 8.88. The molecular formula is C22H24O6. The Kier molecular flexibility index (Phi) is 6.23. The molecule has 1 aliphatic carbocycles. The fourth-order valence-corrected chi connectivity index (χ4v) is 2.73. The fraction of sp³-hybridized carbons (Fsp3) is 0.318. The molecule has 2 N–H and O–H groups in total. The van der Waals surface area contributed by atoms with Crippen LogP contribution in [0.3, 0.4) is 0 Å². The number of fused-ring (bicyclic) bond motifs is 1. The van der Waals surface area contributed by atoms with E-state index in [1.54, 1.807) is 26.8 Å². The minimum absolute atomic E-state index is 0.0363. The fourth-order valence-electron chi connectivity index (χ4n) is 2.73. The molecule has 0 heterocycles. The van der Waals surface area contributed by atoms with Crippen molar-refractivity contribution in [2.75, 3.05) is 0 Å². The number of rotatable bonds is 5. The molecule has 0 fully saturated rings. The normalized spacial score (nSPS) is 14.0. The van der Waals surface area contributed by atoms with Crippen LogP contribution in [0.4, 0.5) is 0 Å². The average Bonchev–Trinajstić information content (AvgIpc) is 2.62. The SMILES string of the molecule is CC(C)=CC[C@@H](OC(=O)C(C)=C(C)C)C1=CC(=O)c2c(O)ccc(O)c2C1=O. The Labute approximate surface area is 163 Å². The lowest BCUT2D eigenvalue weighted by molar-refractivity contribution is -0.142. The van der Waals surface area contributed by atoms with Crippen LogP contribution in [0.5, 0.6) is 11.5 Å². The minimum atomic E-state index is -0.997. The molecule has 148 valence electrons. The number of carbonyl (C=O) groups excluding carboxylic acids is 3. The number of ketones is 2. The second-order valence-electron chi connectivity index (χ2n) is 7.18. The molecule has 1 aromatic carbocycles. The highest BCUT2D eigenvalue weighted by Gasteiger charge is 2.35. The number of carbonyl (C=O) groups is 3. The van der Waals surface area contributed by atoms with Crippen molar-refractivity contribution in [3.8, 4) is 11.5 Å². The van der Waals surface area contributed by atoms with Crippen LogP contribution in [0.15, 0.2) is 46.6 Å². The smallest absolute Gasteiger partial charge is 0.334 e. The number of phenols is 2. The Balaban J connectivity index is 2.51. The highest BCUT2D eigenvalue weighted by atomic mass is 16.5. The van der Waals surface area contributed by atoms with Crippen LogP contribution in [0, 0.1) is 0 Å². The van der Waals surface area contributed by atoms with E-state index in [1.165, 1.54) is 0 Å². The predicted octanol–water partition coefficient (Wildman–Crippen LogP) is 4.03. The third-order valence-corrected chi connectivity index (χ3v) is 4.58. The Hall–Kier alpha value is -3.15. The van der Waals surface area contributed by atoms with Gasteiger partial charge in [-0.05, 0) is 52.8 Å². The summed E-state index contributed by atoms with van der Waals surface area (Å²) >= 11 is 0. The number of hydrogen-bond donors (Lipinski definition) is 2. The lowest BCUT2D eigenvalue weighted by atomic mass is 9.85. The van der Waals surface area contributed by atoms with E-state index >= 15 is 0 Å². The molecule has 6 heteroatoms. The van der Waals surface area contributed by atoms with E-state index in [0.717, 1.165) is 29.4 Å². The van der Waals surface area contributed by atoms with Gasteiger partial charge in [-0.1, -0.05) is 17.2 Å². The molecule has 0 radical (unpaired) electrons. The maximum Gasteiger partial charge on any atom is 0.334 e. The molecule has 1 aromatic rings. The molecule has 0 unspecified atom stereocenters. The van der Waals surface area contributed by atoms with Gasteiger partial charge in [-0.3, -0.25) is 9.59 Å². The van der Waals surface area contributed by atoms with E-state index < -0.39 is 29.4 Å². The standard InChI is InChI=1S/C22H24O6/c1-11(2)6-9-18(28-22(27)13(5)12(3)4)14-10-17(25)19-15(23)7-8-16(24)20(19)21(14)26/h6-8,10,18,23-24H,9H2,1-5H3/t18-/m1/s1. The van der Waals surface area contributed by atoms with Gasteiger partial charge in [0.2, 0.25) is 0 Å². The Morgan fingerprint density at radius 1 is 1.04 bits per heavy atom. The first-order valence-electron chi connectivity index (χ1n) is 8.88. The van der Waals surface area contributed by atoms with Gasteiger partial charge in [0.15, 0.2) is 11.6 Å². The van der Waals surface area contributed by atoms with E-state index in [4.69, 9.17) is 4.74 Å². The molecule has 1 atom stereocenters. The zero-order chi connectivity index (χ0) is 21.2. The molecule has 0 amide bonds. The van der Waals surface area contributed by atoms with Crippen molar-refractivity contribution < 1.29 is 29.3 Å². The summed E-state index contributed by atoms with van der Waals surface area (Å²) in [6.07, 6.45) is 2.07. The summed E-state index contributed by atoms with van der Waals surface area (Å²) in [4.78, 5) is 37.9. The minimum Gasteiger partial charge on any atom is -0.507 e. The molecule has 6 nitrogen and oxygen atoms in total. The summed E-state index contributed by atoms with van der Waals surface area (Å²) in [5, 5.41) is 20.0. The Morgan fingerprint density at radius 3 is 2.14 bits per heavy atom. The number of esters is 1. The van der Waals surface area contributed by atoms with Gasteiger partial charge in [-0.2, -0.15) is 0 Å². The van der Waals surface area contributed by atoms with Crippen LogP contribution < -0.4 is 0 Å². The van der Waals surface area contributed by atoms with Gasteiger partial charge in [0.25, 0.3) is 0 Å². The van der Waals surface area contributed by atoms with Gasteiger partial charge in [0, 0.05) is 17.6 Å². The maximum atomic E-state index is 13.0. The van der Waals surface area contributed by atoms with Crippen molar-refractivity contribution in [2.45, 2.75) is 47.1 Å². The van der Waals surface area contributed by atoms with E-state index in [9.17, 15) is 24.6 Å². The maximum absolute atomic E-state index is 13.0. The number of aromatic hydroxyl groups is 2. The number of benzene rings is 1. The largest absolute Gasteiger partial charge is 0.507 e. The Bertz CT molecular complexity index is 938. The second kappa shape index (κ2) is 8.25. The molecule has 0 saturated carbocycles. The summed E-state index contributed by atoms with van der Waals surface area (Å²) in [6.45, 7) is 8.89. The summed E-state index contributed by atoms with van der Waals surface area (Å²) in [5.74, 6) is -2.67. The zero-order valence-electron chi connectivity index (χ0n) is 16.6. The van der Waals surface area contributed by atoms with Crippen molar-refractivity contribution in [2.24, 2.45) is 0 Å². The number of phenolic OH excluding ortho intramolecular Hbond substituents is 2. The van der Waals surface area contributed by atoms with Gasteiger partial charge in [-0.15, -0.1) is 0 Å². The van der Waals surface area contributed by atoms with Crippen LogP contribution in [-0.4, -0.2) is 33.9 Å². The van der Waals surface area contributed by atoms with Crippen molar-refractivity contribution in [3.05, 3.63) is 57.7 Å². The van der Waals surface area contributed by atoms with E-state index in [0.29, 0.717) is 5.57 Å². The second-order valence-corrected chi connectivity index (χ2v) is 7.18. The van der Waals surface area contributed by atoms with Crippen molar-refractivity contribution in [1.82, 2.24) is 0 Å². The number of Topliss-reactive ketones (excluding diaryl/α,β-unsaturated/α-hetero) is 1. The Morgan fingerprint density at radius 2 is 1.61 bits per heavy atom. The summed E-state index contributed by atoms with van der Waals surface area (Å²) in [5.41, 5.74) is 1.58. The zero-order valence-corrected chi connectivity index (χ0v) is 16.6. The first kappa shape index (κ1) is 21.2. The average molecular weight is 384 g/mol. The topological polar surface area (TPSA) is 101 Å². The van der Waals surface area contributed by atoms with Crippen molar-refractivity contribution in [1.29, 1.82) is 0 Å². The number of allylic oxidation sites excluding steroid dienone is 3. The summed E-state index contributed by atoms with van der Waals surface area (Å²) < 4.78 is 5.54. The summed E-state index contributed by atoms with van der Waals surface area (Å²) in [6, 6.07) is 2.30. The third kappa shape index (κ3) is 4.22. The van der Waals surface area contributed by atoms with Crippen LogP contribution in [0.2, 0.25) is 0 Å². The monoisotopic (exact) mass is 384 g/mol. The molecular weight excluding hydrogens is 360 g/mol. The molecule has 0 saturated heterocycles. The quantitative estimate of drug-likeness (QED) is 0.344. The van der Waals surface area contributed by atoms with Gasteiger partial charge >= 0.3 is 5.97 Å². The van der Waals surface area contributed by atoms with Crippen LogP contribution in [0.25, 0.3) is 0 Å². The molecule has 0 aliphatic heterocycles. The van der Waals surface area contributed by atoms with Crippen LogP contribution >= 0.6 is 0 Å². The van der Waals surface area contributed by atoms with Gasteiger partial charge in [0.05, 0.1) is 11.1 Å². The molecule has 28 heavy (non-hydrogen) atoms. The van der Waals surface area contributed by atoms with E-state index in [1.807, 2.05) is 13.8 Å². The number of ether oxygens (including phenoxy) is 1.